The molecule has 174 valence electrons. The average molecular weight is 456 g/mol. The number of hydrogen-bond donors (Lipinski definition) is 1. The summed E-state index contributed by atoms with van der Waals surface area (Å²) in [5.41, 5.74) is 3.56. The van der Waals surface area contributed by atoms with Gasteiger partial charge < -0.3 is 9.67 Å². The van der Waals surface area contributed by atoms with E-state index in [1.165, 1.54) is 18.2 Å². The van der Waals surface area contributed by atoms with Crippen molar-refractivity contribution in [3.8, 4) is 16.9 Å². The van der Waals surface area contributed by atoms with E-state index in [4.69, 9.17) is 0 Å². The topological polar surface area (TPSA) is 42.2 Å². The summed E-state index contributed by atoms with van der Waals surface area (Å²) >= 11 is 0. The zero-order chi connectivity index (χ0) is 24.0. The van der Waals surface area contributed by atoms with E-state index < -0.39 is 17.7 Å². The molecule has 6 heteroatoms. The van der Waals surface area contributed by atoms with Crippen molar-refractivity contribution in [3.63, 3.8) is 0 Å². The Morgan fingerprint density at radius 3 is 2.48 bits per heavy atom. The van der Waals surface area contributed by atoms with Crippen LogP contribution in [0.5, 0.6) is 0 Å². The molecule has 0 saturated carbocycles. The Hall–Kier alpha value is -3.02. The van der Waals surface area contributed by atoms with Gasteiger partial charge in [-0.15, -0.1) is 0 Å². The van der Waals surface area contributed by atoms with Gasteiger partial charge in [-0.1, -0.05) is 45.4 Å². The number of aromatic nitrogens is 1. The summed E-state index contributed by atoms with van der Waals surface area (Å²) in [5, 5.41) is 9.47. The summed E-state index contributed by atoms with van der Waals surface area (Å²) in [4.78, 5) is 11.6. The van der Waals surface area contributed by atoms with E-state index in [0.29, 0.717) is 22.9 Å². The SMILES string of the molecule is CCC(C)(C)C1CCc2c(cc(-c3cccc(C(F)(F)F)c3)n2-c2cccc(C(=O)O)c2)C1. The Bertz CT molecular complexity index is 1190. The van der Waals surface area contributed by atoms with Gasteiger partial charge in [0.15, 0.2) is 0 Å². The minimum absolute atomic E-state index is 0.144. The van der Waals surface area contributed by atoms with Crippen LogP contribution in [0.1, 0.15) is 60.8 Å². The maximum Gasteiger partial charge on any atom is 0.416 e. The fourth-order valence-corrected chi connectivity index (χ4v) is 4.83. The normalized spacial score (nSPS) is 16.5. The summed E-state index contributed by atoms with van der Waals surface area (Å²) in [5.74, 6) is -0.561. The maximum atomic E-state index is 13.4. The largest absolute Gasteiger partial charge is 0.478 e. The first kappa shape index (κ1) is 23.1. The van der Waals surface area contributed by atoms with Crippen LogP contribution in [0, 0.1) is 11.3 Å². The number of rotatable bonds is 5. The number of carbonyl (C=O) groups is 1. The highest BCUT2D eigenvalue weighted by atomic mass is 19.4. The lowest BCUT2D eigenvalue weighted by Gasteiger charge is -2.36. The smallest absolute Gasteiger partial charge is 0.416 e. The van der Waals surface area contributed by atoms with E-state index in [0.717, 1.165) is 43.0 Å². The molecule has 1 aromatic heterocycles. The van der Waals surface area contributed by atoms with Crippen LogP contribution in [0.2, 0.25) is 0 Å². The third-order valence-electron chi connectivity index (χ3n) is 7.24. The molecule has 0 bridgehead atoms. The van der Waals surface area contributed by atoms with Crippen LogP contribution in [0.3, 0.4) is 0 Å². The van der Waals surface area contributed by atoms with Gasteiger partial charge in [0, 0.05) is 11.4 Å². The first-order valence-electron chi connectivity index (χ1n) is 11.3. The van der Waals surface area contributed by atoms with E-state index in [-0.39, 0.29) is 11.0 Å². The molecule has 3 aromatic rings. The van der Waals surface area contributed by atoms with Crippen molar-refractivity contribution >= 4 is 5.97 Å². The molecule has 0 radical (unpaired) electrons. The molecule has 1 aliphatic rings. The third kappa shape index (κ3) is 4.43. The summed E-state index contributed by atoms with van der Waals surface area (Å²) in [6.45, 7) is 6.72. The molecule has 0 fully saturated rings. The number of halogens is 3. The Morgan fingerprint density at radius 2 is 1.82 bits per heavy atom. The van der Waals surface area contributed by atoms with Gasteiger partial charge in [0.25, 0.3) is 0 Å². The number of carboxylic acids is 1. The Balaban J connectivity index is 1.90. The van der Waals surface area contributed by atoms with Crippen LogP contribution in [-0.4, -0.2) is 15.6 Å². The minimum Gasteiger partial charge on any atom is -0.478 e. The first-order chi connectivity index (χ1) is 15.5. The van der Waals surface area contributed by atoms with Gasteiger partial charge in [-0.2, -0.15) is 13.2 Å². The molecule has 0 aliphatic heterocycles. The molecule has 3 nitrogen and oxygen atoms in total. The molecule has 1 unspecified atom stereocenters. The lowest BCUT2D eigenvalue weighted by Crippen LogP contribution is -2.29. The maximum absolute atomic E-state index is 13.4. The Morgan fingerprint density at radius 1 is 1.09 bits per heavy atom. The molecule has 33 heavy (non-hydrogen) atoms. The van der Waals surface area contributed by atoms with Gasteiger partial charge in [0.1, 0.15) is 0 Å². The second kappa shape index (κ2) is 8.40. The number of alkyl halides is 3. The second-order valence-corrected chi connectivity index (χ2v) is 9.55. The summed E-state index contributed by atoms with van der Waals surface area (Å²) < 4.78 is 42.2. The van der Waals surface area contributed by atoms with Crippen LogP contribution >= 0.6 is 0 Å². The van der Waals surface area contributed by atoms with Crippen molar-refractivity contribution < 1.29 is 23.1 Å². The van der Waals surface area contributed by atoms with Gasteiger partial charge in [-0.25, -0.2) is 4.79 Å². The fraction of sp³-hybridized carbons (Fsp3) is 0.370. The number of nitrogens with zero attached hydrogens (tertiary/aromatic N) is 1. The zero-order valence-corrected chi connectivity index (χ0v) is 19.0. The van der Waals surface area contributed by atoms with Crippen LogP contribution in [-0.2, 0) is 19.0 Å². The Labute approximate surface area is 191 Å². The van der Waals surface area contributed by atoms with Crippen molar-refractivity contribution in [2.75, 3.05) is 0 Å². The monoisotopic (exact) mass is 455 g/mol. The van der Waals surface area contributed by atoms with Crippen molar-refractivity contribution in [2.24, 2.45) is 11.3 Å². The predicted octanol–water partition coefficient (Wildman–Crippen LogP) is 7.40. The molecule has 1 aliphatic carbocycles. The van der Waals surface area contributed by atoms with E-state index in [1.807, 2.05) is 16.7 Å². The van der Waals surface area contributed by atoms with Crippen molar-refractivity contribution in [1.82, 2.24) is 4.57 Å². The summed E-state index contributed by atoms with van der Waals surface area (Å²) in [7, 11) is 0. The highest BCUT2D eigenvalue weighted by Gasteiger charge is 2.34. The molecular formula is C27H28F3NO2. The highest BCUT2D eigenvalue weighted by Crippen LogP contribution is 2.43. The predicted molar refractivity (Wildman–Crippen MR) is 123 cm³/mol. The average Bonchev–Trinajstić information content (AvgIpc) is 3.17. The Kier molecular flexibility index (Phi) is 5.89. The zero-order valence-electron chi connectivity index (χ0n) is 19.0. The summed E-state index contributed by atoms with van der Waals surface area (Å²) in [6, 6.07) is 13.9. The van der Waals surface area contributed by atoms with E-state index >= 15 is 0 Å². The van der Waals surface area contributed by atoms with Crippen LogP contribution in [0.4, 0.5) is 13.2 Å². The molecular weight excluding hydrogens is 427 g/mol. The lowest BCUT2D eigenvalue weighted by atomic mass is 9.69. The summed E-state index contributed by atoms with van der Waals surface area (Å²) in [6.07, 6.45) is -0.757. The molecule has 1 heterocycles. The number of fused-ring (bicyclic) bond motifs is 1. The highest BCUT2D eigenvalue weighted by molar-refractivity contribution is 5.88. The number of carboxylic acid groups (broad SMARTS) is 1. The van der Waals surface area contributed by atoms with E-state index in [9.17, 15) is 23.1 Å². The van der Waals surface area contributed by atoms with Crippen molar-refractivity contribution in [3.05, 3.63) is 77.0 Å². The van der Waals surface area contributed by atoms with Crippen LogP contribution in [0.25, 0.3) is 16.9 Å². The first-order valence-corrected chi connectivity index (χ1v) is 11.3. The standard InChI is InChI=1S/C27H28F3NO2/c1-4-26(2,3)20-11-12-23-19(14-20)16-24(17-7-5-9-21(13-17)27(28,29)30)31(23)22-10-6-8-18(15-22)25(32)33/h5-10,13,15-16,20H,4,11-12,14H2,1-3H3,(H,32,33). The minimum atomic E-state index is -4.44. The molecule has 1 N–H and O–H groups in total. The molecule has 1 atom stereocenters. The third-order valence-corrected chi connectivity index (χ3v) is 7.24. The van der Waals surface area contributed by atoms with Gasteiger partial charge in [0.2, 0.25) is 0 Å². The molecule has 0 saturated heterocycles. The van der Waals surface area contributed by atoms with Crippen molar-refractivity contribution in [1.29, 1.82) is 0 Å². The van der Waals surface area contributed by atoms with Gasteiger partial charge in [-0.05, 0) is 78.1 Å². The molecule has 0 spiro atoms. The molecule has 4 rings (SSSR count). The van der Waals surface area contributed by atoms with Gasteiger partial charge in [-0.3, -0.25) is 0 Å². The second-order valence-electron chi connectivity index (χ2n) is 9.55. The van der Waals surface area contributed by atoms with E-state index in [2.05, 4.69) is 20.8 Å². The fourth-order valence-electron chi connectivity index (χ4n) is 4.83. The number of hydrogen-bond acceptors (Lipinski definition) is 1. The lowest BCUT2D eigenvalue weighted by molar-refractivity contribution is -0.137. The van der Waals surface area contributed by atoms with Gasteiger partial charge in [0.05, 0.1) is 16.8 Å². The van der Waals surface area contributed by atoms with Crippen LogP contribution < -0.4 is 0 Å². The van der Waals surface area contributed by atoms with Crippen LogP contribution in [0.15, 0.2) is 54.6 Å². The number of benzene rings is 2. The van der Waals surface area contributed by atoms with Gasteiger partial charge >= 0.3 is 12.1 Å². The quantitative estimate of drug-likeness (QED) is 0.435. The number of aromatic carboxylic acids is 1. The van der Waals surface area contributed by atoms with E-state index in [1.54, 1.807) is 18.2 Å². The molecule has 2 aromatic carbocycles. The molecule has 0 amide bonds. The van der Waals surface area contributed by atoms with Crippen molar-refractivity contribution in [2.45, 2.75) is 52.6 Å².